The Labute approximate surface area is 261 Å². The van der Waals surface area contributed by atoms with Crippen LogP contribution < -0.4 is 14.9 Å². The predicted octanol–water partition coefficient (Wildman–Crippen LogP) is 7.11. The zero-order valence-electron chi connectivity index (χ0n) is 26.1. The third-order valence-electron chi connectivity index (χ3n) is 9.91. The Morgan fingerprint density at radius 2 is 1.36 bits per heavy atom. The number of rotatable bonds is 8. The van der Waals surface area contributed by atoms with Gasteiger partial charge in [0.2, 0.25) is 15.9 Å². The summed E-state index contributed by atoms with van der Waals surface area (Å²) in [5.41, 5.74) is 4.65. The average Bonchev–Trinajstić information content (AvgIpc) is 2.94. The minimum atomic E-state index is -3.71. The first kappa shape index (κ1) is 30.4. The van der Waals surface area contributed by atoms with Crippen LogP contribution in [-0.2, 0) is 25.6 Å². The van der Waals surface area contributed by atoms with Gasteiger partial charge in [0.05, 0.1) is 11.9 Å². The lowest BCUT2D eigenvalue weighted by Crippen LogP contribution is -2.48. The average molecular weight is 614 g/mol. The number of sulfonamides is 1. The first-order valence-corrected chi connectivity index (χ1v) is 17.5. The van der Waals surface area contributed by atoms with E-state index in [9.17, 15) is 18.0 Å². The lowest BCUT2D eigenvalue weighted by atomic mass is 9.48. The van der Waals surface area contributed by atoms with E-state index in [1.807, 2.05) is 24.3 Å². The molecule has 0 unspecified atom stereocenters. The molecule has 0 aromatic heterocycles. The molecule has 0 atom stereocenters. The number of hydrogen-bond donors (Lipinski definition) is 2. The molecule has 0 saturated heterocycles. The Bertz CT molecular complexity index is 1620. The van der Waals surface area contributed by atoms with Gasteiger partial charge in [0, 0.05) is 16.9 Å². The van der Waals surface area contributed by atoms with Crippen LogP contribution in [-0.4, -0.2) is 33.0 Å². The molecule has 7 rings (SSSR count). The molecule has 7 nitrogen and oxygen atoms in total. The highest BCUT2D eigenvalue weighted by molar-refractivity contribution is 7.92. The van der Waals surface area contributed by atoms with Gasteiger partial charge in [0.1, 0.15) is 6.54 Å². The molecule has 2 N–H and O–H groups in total. The van der Waals surface area contributed by atoms with Gasteiger partial charge in [-0.2, -0.15) is 0 Å². The maximum Gasteiger partial charge on any atom is 0.255 e. The van der Waals surface area contributed by atoms with Crippen molar-refractivity contribution in [3.05, 3.63) is 89.5 Å². The maximum atomic E-state index is 13.1. The van der Waals surface area contributed by atoms with Gasteiger partial charge in [-0.15, -0.1) is 0 Å². The normalized spacial score (nSPS) is 24.1. The second-order valence-corrected chi connectivity index (χ2v) is 16.3. The van der Waals surface area contributed by atoms with Crippen molar-refractivity contribution in [1.82, 2.24) is 0 Å². The lowest BCUT2D eigenvalue weighted by molar-refractivity contribution is -0.114. The number of nitrogens with zero attached hydrogens (tertiary/aromatic N) is 1. The molecule has 4 aliphatic rings. The van der Waals surface area contributed by atoms with Crippen molar-refractivity contribution in [2.24, 2.45) is 17.8 Å². The first-order chi connectivity index (χ1) is 20.8. The summed E-state index contributed by atoms with van der Waals surface area (Å²) in [6, 6.07) is 22.2. The number of benzene rings is 3. The van der Waals surface area contributed by atoms with Crippen LogP contribution in [0.3, 0.4) is 0 Å². The SMILES string of the molecule is CC(C)(C)c1ccc(C(=O)Nc2cccc(NC(=O)CN(c3ccc(C45CC6CC(CC(C6)C4)C5)cc3)S(C)(=O)=O)c2)cc1. The van der Waals surface area contributed by atoms with Gasteiger partial charge in [0.25, 0.3) is 5.91 Å². The third-order valence-corrected chi connectivity index (χ3v) is 11.1. The summed E-state index contributed by atoms with van der Waals surface area (Å²) in [7, 11) is -3.71. The lowest BCUT2D eigenvalue weighted by Gasteiger charge is -2.57. The second kappa shape index (κ2) is 11.4. The van der Waals surface area contributed by atoms with Crippen molar-refractivity contribution in [1.29, 1.82) is 0 Å². The van der Waals surface area contributed by atoms with Crippen molar-refractivity contribution in [3.8, 4) is 0 Å². The highest BCUT2D eigenvalue weighted by Gasteiger charge is 2.51. The molecule has 4 fully saturated rings. The molecule has 232 valence electrons. The topological polar surface area (TPSA) is 95.6 Å². The molecular formula is C36H43N3O4S. The fourth-order valence-electron chi connectivity index (χ4n) is 8.18. The number of anilines is 3. The number of hydrogen-bond acceptors (Lipinski definition) is 4. The third kappa shape index (κ3) is 6.41. The van der Waals surface area contributed by atoms with Crippen molar-refractivity contribution in [3.63, 3.8) is 0 Å². The second-order valence-electron chi connectivity index (χ2n) is 14.4. The van der Waals surface area contributed by atoms with Gasteiger partial charge in [-0.25, -0.2) is 8.42 Å². The largest absolute Gasteiger partial charge is 0.324 e. The van der Waals surface area contributed by atoms with Crippen molar-refractivity contribution < 1.29 is 18.0 Å². The number of carbonyl (C=O) groups is 2. The standard InChI is InChI=1S/C36H43N3O4S/c1-35(2,3)28-10-8-27(9-11-28)34(41)38-31-7-5-6-30(19-31)37-33(40)23-39(44(4,42)43)32-14-12-29(13-15-32)36-20-24-16-25(21-36)18-26(17-24)22-36/h5-15,19,24-26H,16-18,20-23H2,1-4H3,(H,37,40)(H,38,41). The van der Waals surface area contributed by atoms with E-state index in [4.69, 9.17) is 0 Å². The van der Waals surface area contributed by atoms with Crippen LogP contribution in [0.2, 0.25) is 0 Å². The van der Waals surface area contributed by atoms with Crippen LogP contribution in [0.25, 0.3) is 0 Å². The summed E-state index contributed by atoms with van der Waals surface area (Å²) < 4.78 is 26.8. The van der Waals surface area contributed by atoms with E-state index >= 15 is 0 Å². The smallest absolute Gasteiger partial charge is 0.255 e. The minimum Gasteiger partial charge on any atom is -0.324 e. The van der Waals surface area contributed by atoms with E-state index in [1.165, 1.54) is 44.1 Å². The quantitative estimate of drug-likeness (QED) is 0.283. The van der Waals surface area contributed by atoms with Crippen LogP contribution >= 0.6 is 0 Å². The van der Waals surface area contributed by atoms with E-state index in [0.717, 1.165) is 33.9 Å². The monoisotopic (exact) mass is 613 g/mol. The predicted molar refractivity (Wildman–Crippen MR) is 177 cm³/mol. The molecule has 0 radical (unpaired) electrons. The molecule has 0 spiro atoms. The van der Waals surface area contributed by atoms with Crippen molar-refractivity contribution >= 4 is 38.9 Å². The summed E-state index contributed by atoms with van der Waals surface area (Å²) in [4.78, 5) is 26.0. The summed E-state index contributed by atoms with van der Waals surface area (Å²) in [5.74, 6) is 1.74. The molecule has 3 aromatic rings. The molecule has 2 amide bonds. The molecular weight excluding hydrogens is 570 g/mol. The van der Waals surface area contributed by atoms with E-state index in [-0.39, 0.29) is 23.3 Å². The minimum absolute atomic E-state index is 0.00818. The summed E-state index contributed by atoms with van der Waals surface area (Å²) >= 11 is 0. The highest BCUT2D eigenvalue weighted by atomic mass is 32.2. The Kier molecular flexibility index (Phi) is 7.85. The van der Waals surface area contributed by atoms with Crippen LogP contribution in [0.5, 0.6) is 0 Å². The van der Waals surface area contributed by atoms with Gasteiger partial charge in [-0.05, 0) is 121 Å². The zero-order chi connectivity index (χ0) is 31.3. The van der Waals surface area contributed by atoms with Crippen LogP contribution in [0.15, 0.2) is 72.8 Å². The Balaban J connectivity index is 1.11. The zero-order valence-corrected chi connectivity index (χ0v) is 26.9. The molecule has 44 heavy (non-hydrogen) atoms. The maximum absolute atomic E-state index is 13.1. The fraction of sp³-hybridized carbons (Fsp3) is 0.444. The number of carbonyl (C=O) groups excluding carboxylic acids is 2. The first-order valence-electron chi connectivity index (χ1n) is 15.7. The Morgan fingerprint density at radius 3 is 1.89 bits per heavy atom. The number of nitrogens with one attached hydrogen (secondary N) is 2. The van der Waals surface area contributed by atoms with Gasteiger partial charge in [0.15, 0.2) is 0 Å². The molecule has 3 aromatic carbocycles. The molecule has 0 heterocycles. The fourth-order valence-corrected chi connectivity index (χ4v) is 9.03. The van der Waals surface area contributed by atoms with Gasteiger partial charge in [-0.3, -0.25) is 13.9 Å². The molecule has 0 aliphatic heterocycles. The summed E-state index contributed by atoms with van der Waals surface area (Å²) in [6.07, 6.45) is 8.94. The molecule has 4 saturated carbocycles. The van der Waals surface area contributed by atoms with Crippen LogP contribution in [0.4, 0.5) is 17.1 Å². The van der Waals surface area contributed by atoms with E-state index in [2.05, 4.69) is 43.5 Å². The Hall–Kier alpha value is -3.65. The van der Waals surface area contributed by atoms with Crippen LogP contribution in [0.1, 0.15) is 80.8 Å². The Morgan fingerprint density at radius 1 is 0.818 bits per heavy atom. The van der Waals surface area contributed by atoms with E-state index in [1.54, 1.807) is 36.4 Å². The number of amides is 2. The summed E-state index contributed by atoms with van der Waals surface area (Å²) in [5, 5.41) is 5.67. The molecule has 4 bridgehead atoms. The van der Waals surface area contributed by atoms with Gasteiger partial charge in [-0.1, -0.05) is 51.1 Å². The summed E-state index contributed by atoms with van der Waals surface area (Å²) in [6.45, 7) is 6.01. The van der Waals surface area contributed by atoms with Gasteiger partial charge >= 0.3 is 0 Å². The molecule has 8 heteroatoms. The molecule has 4 aliphatic carbocycles. The van der Waals surface area contributed by atoms with E-state index < -0.39 is 15.9 Å². The highest BCUT2D eigenvalue weighted by Crippen LogP contribution is 2.60. The van der Waals surface area contributed by atoms with Crippen molar-refractivity contribution in [2.45, 2.75) is 70.1 Å². The van der Waals surface area contributed by atoms with E-state index in [0.29, 0.717) is 22.6 Å². The van der Waals surface area contributed by atoms with Crippen molar-refractivity contribution in [2.75, 3.05) is 27.7 Å². The van der Waals surface area contributed by atoms with Crippen LogP contribution in [0, 0.1) is 17.8 Å². The van der Waals surface area contributed by atoms with Gasteiger partial charge < -0.3 is 10.6 Å².